The van der Waals surface area contributed by atoms with E-state index in [1.165, 1.54) is 6.92 Å². The Hall–Kier alpha value is -1.67. The van der Waals surface area contributed by atoms with Gasteiger partial charge in [0.25, 0.3) is 0 Å². The Morgan fingerprint density at radius 3 is 2.15 bits per heavy atom. The van der Waals surface area contributed by atoms with Crippen LogP contribution in [0.25, 0.3) is 0 Å². The van der Waals surface area contributed by atoms with Crippen LogP contribution in [0, 0.1) is 5.92 Å². The summed E-state index contributed by atoms with van der Waals surface area (Å²) in [6, 6.07) is -2.13. The third kappa shape index (κ3) is 7.05. The molecule has 2 amide bonds. The molecule has 0 radical (unpaired) electrons. The van der Waals surface area contributed by atoms with Crippen LogP contribution in [-0.2, 0) is 14.4 Å². The van der Waals surface area contributed by atoms with Gasteiger partial charge in [0.15, 0.2) is 0 Å². The Kier molecular flexibility index (Phi) is 7.78. The van der Waals surface area contributed by atoms with Gasteiger partial charge >= 0.3 is 5.97 Å². The number of carbonyl (C=O) groups is 3. The highest BCUT2D eigenvalue weighted by Crippen LogP contribution is 2.04. The molecule has 0 bridgehead atoms. The van der Waals surface area contributed by atoms with Crippen molar-refractivity contribution in [2.75, 3.05) is 6.54 Å². The van der Waals surface area contributed by atoms with Gasteiger partial charge in [-0.25, -0.2) is 4.79 Å². The number of hydrogen-bond acceptors (Lipinski definition) is 5. The van der Waals surface area contributed by atoms with E-state index in [1.54, 1.807) is 0 Å². The molecular weight excluding hydrogens is 266 g/mol. The molecule has 116 valence electrons. The topological polar surface area (TPSA) is 142 Å². The largest absolute Gasteiger partial charge is 0.480 e. The molecule has 0 aliphatic heterocycles. The molecule has 8 nitrogen and oxygen atoms in total. The van der Waals surface area contributed by atoms with E-state index < -0.39 is 36.0 Å². The molecule has 3 atom stereocenters. The van der Waals surface area contributed by atoms with Crippen LogP contribution in [0.4, 0.5) is 0 Å². The standard InChI is InChI=1S/C12H23N3O5/c1-6(2)4-8(12(19)20)15-9(17)5-14-11(18)10(13)7(3)16/h6-8,10,16H,4-5,13H2,1-3H3,(H,14,18)(H,15,17)(H,19,20). The number of carboxylic acids is 1. The Bertz CT molecular complexity index is 357. The molecule has 3 unspecified atom stereocenters. The molecule has 0 rings (SSSR count). The Balaban J connectivity index is 4.27. The fourth-order valence-electron chi connectivity index (χ4n) is 1.44. The normalized spacial score (nSPS) is 15.3. The molecule has 0 aromatic rings. The van der Waals surface area contributed by atoms with E-state index in [1.807, 2.05) is 13.8 Å². The van der Waals surface area contributed by atoms with Crippen molar-refractivity contribution in [2.24, 2.45) is 11.7 Å². The fraction of sp³-hybridized carbons (Fsp3) is 0.750. The number of carbonyl (C=O) groups excluding carboxylic acids is 2. The highest BCUT2D eigenvalue weighted by molar-refractivity contribution is 5.89. The third-order valence-electron chi connectivity index (χ3n) is 2.59. The number of nitrogens with two attached hydrogens (primary N) is 1. The van der Waals surface area contributed by atoms with Crippen LogP contribution in [0.2, 0.25) is 0 Å². The minimum Gasteiger partial charge on any atom is -0.480 e. The summed E-state index contributed by atoms with van der Waals surface area (Å²) in [6.45, 7) is 4.64. The molecule has 0 aromatic carbocycles. The van der Waals surface area contributed by atoms with Crippen molar-refractivity contribution in [1.82, 2.24) is 10.6 Å². The van der Waals surface area contributed by atoms with Crippen LogP contribution < -0.4 is 16.4 Å². The number of carboxylic acid groups (broad SMARTS) is 1. The Morgan fingerprint density at radius 2 is 1.75 bits per heavy atom. The second-order valence-electron chi connectivity index (χ2n) is 5.07. The van der Waals surface area contributed by atoms with Crippen molar-refractivity contribution in [2.45, 2.75) is 45.4 Å². The van der Waals surface area contributed by atoms with Crippen LogP contribution in [0.3, 0.4) is 0 Å². The predicted octanol–water partition coefficient (Wildman–Crippen LogP) is -1.57. The monoisotopic (exact) mass is 289 g/mol. The maximum absolute atomic E-state index is 11.5. The molecule has 6 N–H and O–H groups in total. The van der Waals surface area contributed by atoms with Gasteiger partial charge in [0.05, 0.1) is 12.6 Å². The summed E-state index contributed by atoms with van der Waals surface area (Å²) in [7, 11) is 0. The summed E-state index contributed by atoms with van der Waals surface area (Å²) in [5.74, 6) is -2.32. The lowest BCUT2D eigenvalue weighted by Crippen LogP contribution is -2.51. The average molecular weight is 289 g/mol. The first-order valence-electron chi connectivity index (χ1n) is 6.38. The Labute approximate surface area is 117 Å². The zero-order chi connectivity index (χ0) is 15.9. The number of aliphatic hydroxyl groups is 1. The zero-order valence-corrected chi connectivity index (χ0v) is 11.9. The highest BCUT2D eigenvalue weighted by atomic mass is 16.4. The van der Waals surface area contributed by atoms with E-state index in [2.05, 4.69) is 10.6 Å². The van der Waals surface area contributed by atoms with E-state index in [4.69, 9.17) is 15.9 Å². The summed E-state index contributed by atoms with van der Waals surface area (Å²) in [6.07, 6.45) is -0.742. The lowest BCUT2D eigenvalue weighted by atomic mass is 10.0. The highest BCUT2D eigenvalue weighted by Gasteiger charge is 2.22. The van der Waals surface area contributed by atoms with E-state index in [9.17, 15) is 14.4 Å². The number of nitrogens with one attached hydrogen (secondary N) is 2. The molecular formula is C12H23N3O5. The number of aliphatic carboxylic acids is 1. The number of aliphatic hydroxyl groups excluding tert-OH is 1. The maximum Gasteiger partial charge on any atom is 0.326 e. The molecule has 0 saturated carbocycles. The molecule has 0 aliphatic rings. The molecule has 8 heteroatoms. The van der Waals surface area contributed by atoms with Gasteiger partial charge in [-0.05, 0) is 19.3 Å². The van der Waals surface area contributed by atoms with Crippen LogP contribution in [0.1, 0.15) is 27.2 Å². The molecule has 0 aromatic heterocycles. The van der Waals surface area contributed by atoms with Crippen molar-refractivity contribution in [3.8, 4) is 0 Å². The van der Waals surface area contributed by atoms with Gasteiger partial charge < -0.3 is 26.6 Å². The summed E-state index contributed by atoms with van der Waals surface area (Å²) in [5, 5.41) is 22.6. The van der Waals surface area contributed by atoms with Gasteiger partial charge in [0.1, 0.15) is 12.1 Å². The predicted molar refractivity (Wildman–Crippen MR) is 71.7 cm³/mol. The van der Waals surface area contributed by atoms with Crippen LogP contribution in [0.5, 0.6) is 0 Å². The number of hydrogen-bond donors (Lipinski definition) is 5. The lowest BCUT2D eigenvalue weighted by molar-refractivity contribution is -0.142. The zero-order valence-electron chi connectivity index (χ0n) is 11.9. The summed E-state index contributed by atoms with van der Waals surface area (Å²) in [5.41, 5.74) is 5.37. The second-order valence-corrected chi connectivity index (χ2v) is 5.07. The van der Waals surface area contributed by atoms with Crippen molar-refractivity contribution in [3.05, 3.63) is 0 Å². The van der Waals surface area contributed by atoms with Gasteiger partial charge in [0, 0.05) is 0 Å². The van der Waals surface area contributed by atoms with Crippen molar-refractivity contribution < 1.29 is 24.6 Å². The SMILES string of the molecule is CC(C)CC(NC(=O)CNC(=O)C(N)C(C)O)C(=O)O. The van der Waals surface area contributed by atoms with Gasteiger partial charge in [-0.15, -0.1) is 0 Å². The molecule has 0 heterocycles. The summed E-state index contributed by atoms with van der Waals surface area (Å²) in [4.78, 5) is 33.9. The van der Waals surface area contributed by atoms with Crippen LogP contribution in [-0.4, -0.2) is 52.7 Å². The lowest BCUT2D eigenvalue weighted by Gasteiger charge is -2.18. The minimum absolute atomic E-state index is 0.106. The van der Waals surface area contributed by atoms with Gasteiger partial charge in [-0.1, -0.05) is 13.8 Å². The fourth-order valence-corrected chi connectivity index (χ4v) is 1.44. The molecule has 0 spiro atoms. The first kappa shape index (κ1) is 18.3. The number of rotatable bonds is 8. The Morgan fingerprint density at radius 1 is 1.20 bits per heavy atom. The quantitative estimate of drug-likeness (QED) is 0.365. The van der Waals surface area contributed by atoms with Gasteiger partial charge in [-0.2, -0.15) is 0 Å². The smallest absolute Gasteiger partial charge is 0.326 e. The number of amides is 2. The second kappa shape index (κ2) is 8.49. The van der Waals surface area contributed by atoms with Gasteiger partial charge in [-0.3, -0.25) is 9.59 Å². The molecule has 20 heavy (non-hydrogen) atoms. The van der Waals surface area contributed by atoms with E-state index in [0.29, 0.717) is 6.42 Å². The van der Waals surface area contributed by atoms with E-state index in [-0.39, 0.29) is 12.5 Å². The van der Waals surface area contributed by atoms with Gasteiger partial charge in [0.2, 0.25) is 11.8 Å². The first-order chi connectivity index (χ1) is 9.15. The van der Waals surface area contributed by atoms with E-state index >= 15 is 0 Å². The van der Waals surface area contributed by atoms with Crippen LogP contribution >= 0.6 is 0 Å². The minimum atomic E-state index is -1.13. The average Bonchev–Trinajstić information content (AvgIpc) is 2.33. The van der Waals surface area contributed by atoms with Crippen LogP contribution in [0.15, 0.2) is 0 Å². The van der Waals surface area contributed by atoms with Crippen molar-refractivity contribution >= 4 is 17.8 Å². The first-order valence-corrected chi connectivity index (χ1v) is 6.38. The van der Waals surface area contributed by atoms with E-state index in [0.717, 1.165) is 0 Å². The summed E-state index contributed by atoms with van der Waals surface area (Å²) >= 11 is 0. The van der Waals surface area contributed by atoms with Crippen molar-refractivity contribution in [3.63, 3.8) is 0 Å². The summed E-state index contributed by atoms with van der Waals surface area (Å²) < 4.78 is 0. The van der Waals surface area contributed by atoms with Crippen molar-refractivity contribution in [1.29, 1.82) is 0 Å². The molecule has 0 saturated heterocycles. The third-order valence-corrected chi connectivity index (χ3v) is 2.59. The maximum atomic E-state index is 11.5. The molecule has 0 fully saturated rings. The molecule has 0 aliphatic carbocycles.